The lowest BCUT2D eigenvalue weighted by Gasteiger charge is -2.25. The first-order valence-corrected chi connectivity index (χ1v) is 19.5. The van der Waals surface area contributed by atoms with Gasteiger partial charge >= 0.3 is 12.6 Å². The van der Waals surface area contributed by atoms with E-state index >= 15 is 0 Å². The van der Waals surface area contributed by atoms with Crippen molar-refractivity contribution in [3.63, 3.8) is 0 Å². The van der Waals surface area contributed by atoms with E-state index in [9.17, 15) is 36.8 Å². The van der Waals surface area contributed by atoms with Gasteiger partial charge in [0.1, 0.15) is 22.7 Å². The summed E-state index contributed by atoms with van der Waals surface area (Å²) in [6, 6.07) is 8.09. The Morgan fingerprint density at radius 1 is 1.02 bits per heavy atom. The zero-order valence-electron chi connectivity index (χ0n) is 28.5. The molecular formula is C35H36Cl2F2N4O9S. The van der Waals surface area contributed by atoms with Crippen molar-refractivity contribution in [3.05, 3.63) is 86.3 Å². The zero-order valence-corrected chi connectivity index (χ0v) is 30.8. The number of esters is 1. The van der Waals surface area contributed by atoms with Gasteiger partial charge in [-0.2, -0.15) is 13.5 Å². The van der Waals surface area contributed by atoms with Crippen molar-refractivity contribution in [2.75, 3.05) is 49.9 Å². The van der Waals surface area contributed by atoms with Gasteiger partial charge in [0.2, 0.25) is 10.0 Å². The molecule has 3 aromatic rings. The summed E-state index contributed by atoms with van der Waals surface area (Å²) in [6.45, 7) is -1.36. The third-order valence-electron chi connectivity index (χ3n) is 9.20. The Balaban J connectivity index is 1.24. The lowest BCUT2D eigenvalue weighted by molar-refractivity contribution is -0.605. The quantitative estimate of drug-likeness (QED) is 0.0839. The summed E-state index contributed by atoms with van der Waals surface area (Å²) in [5.74, 6) is -2.65. The number of hydrogen-bond donors (Lipinski definition) is 0. The van der Waals surface area contributed by atoms with Crippen LogP contribution >= 0.6 is 23.2 Å². The van der Waals surface area contributed by atoms with Crippen LogP contribution < -0.4 is 18.5 Å². The number of rotatable bonds is 16. The fraction of sp³-hybridized carbons (Fsp3) is 0.429. The van der Waals surface area contributed by atoms with Crippen molar-refractivity contribution >= 4 is 56.7 Å². The van der Waals surface area contributed by atoms with Crippen LogP contribution in [-0.4, -0.2) is 88.2 Å². The molecule has 1 unspecified atom stereocenters. The lowest BCUT2D eigenvalue weighted by Crippen LogP contribution is -2.37. The molecular weight excluding hydrogens is 761 g/mol. The zero-order chi connectivity index (χ0) is 38.0. The number of halogens is 4. The van der Waals surface area contributed by atoms with Crippen molar-refractivity contribution in [1.82, 2.24) is 9.80 Å². The van der Waals surface area contributed by atoms with Crippen molar-refractivity contribution < 1.29 is 50.5 Å². The number of fused-ring (bicyclic) bond motifs is 1. The topological polar surface area (TPSA) is 150 Å². The summed E-state index contributed by atoms with van der Waals surface area (Å²) in [7, 11) is -3.75. The van der Waals surface area contributed by atoms with Crippen LogP contribution in [0.2, 0.25) is 10.0 Å². The summed E-state index contributed by atoms with van der Waals surface area (Å²) in [4.78, 5) is 43.3. The fourth-order valence-corrected chi connectivity index (χ4v) is 7.80. The number of sulfonamides is 1. The highest BCUT2D eigenvalue weighted by atomic mass is 35.5. The van der Waals surface area contributed by atoms with E-state index in [4.69, 9.17) is 32.7 Å². The third-order valence-corrected chi connectivity index (χ3v) is 11.0. The Hall–Kier alpha value is -4.25. The second-order valence-electron chi connectivity index (χ2n) is 13.1. The van der Waals surface area contributed by atoms with Gasteiger partial charge in [0, 0.05) is 25.1 Å². The van der Waals surface area contributed by atoms with Crippen LogP contribution in [0.15, 0.2) is 48.8 Å². The molecule has 1 aliphatic carbocycles. The number of nitrogens with zero attached hydrogens (tertiary/aromatic N) is 4. The predicted molar refractivity (Wildman–Crippen MR) is 189 cm³/mol. The van der Waals surface area contributed by atoms with Gasteiger partial charge in [-0.1, -0.05) is 29.3 Å². The van der Waals surface area contributed by atoms with Gasteiger partial charge in [0.15, 0.2) is 23.9 Å². The third kappa shape index (κ3) is 9.28. The molecule has 0 bridgehead atoms. The average Bonchev–Trinajstić information content (AvgIpc) is 3.72. The molecule has 284 valence electrons. The number of aromatic nitrogens is 1. The van der Waals surface area contributed by atoms with Crippen molar-refractivity contribution in [2.24, 2.45) is 5.92 Å². The molecule has 1 atom stereocenters. The molecule has 0 spiro atoms. The van der Waals surface area contributed by atoms with Gasteiger partial charge in [-0.25, -0.2) is 8.42 Å². The number of ether oxygens (including phenoxy) is 3. The van der Waals surface area contributed by atoms with Gasteiger partial charge in [-0.05, 0) is 80.6 Å². The molecule has 2 aromatic carbocycles. The van der Waals surface area contributed by atoms with Crippen LogP contribution in [0.5, 0.6) is 11.5 Å². The highest BCUT2D eigenvalue weighted by molar-refractivity contribution is 7.92. The van der Waals surface area contributed by atoms with Crippen LogP contribution in [-0.2, 0) is 26.0 Å². The standard InChI is InChI=1S/C35H36Cl2F2N4O9S/c1-53(48,49)43(13-12-40-10-2-3-11-40)23-7-8-24-25(15-23)34(46)42(33(24)45)19-32(44)51-30(16-26-27(36)17-41(47)18-28(26)37)22-6-9-29(52-35(38)39)31(14-22)50-20-21-4-5-21/h6-9,14-15,17-18,21,30,35H,2-5,10-13,16,19-20H2,1H3. The van der Waals surface area contributed by atoms with Gasteiger partial charge in [0.05, 0.1) is 29.7 Å². The monoisotopic (exact) mass is 796 g/mol. The molecule has 13 nitrogen and oxygen atoms in total. The number of likely N-dealkylation sites (tertiary alicyclic amines) is 1. The van der Waals surface area contributed by atoms with E-state index in [0.29, 0.717) is 16.2 Å². The number of pyridine rings is 1. The van der Waals surface area contributed by atoms with Crippen LogP contribution in [0.1, 0.15) is 63.6 Å². The first kappa shape index (κ1) is 38.5. The molecule has 53 heavy (non-hydrogen) atoms. The Morgan fingerprint density at radius 2 is 1.70 bits per heavy atom. The smallest absolute Gasteiger partial charge is 0.387 e. The number of carbonyl (C=O) groups excluding carboxylic acids is 3. The molecule has 0 radical (unpaired) electrons. The maximum Gasteiger partial charge on any atom is 0.387 e. The van der Waals surface area contributed by atoms with Gasteiger partial charge in [0.25, 0.3) is 11.8 Å². The van der Waals surface area contributed by atoms with E-state index in [0.717, 1.165) is 57.4 Å². The number of anilines is 1. The SMILES string of the molecule is CS(=O)(=O)N(CCN1CCCC1)c1ccc2c(c1)C(=O)N(CC(=O)OC(Cc1c(Cl)c[n+]([O-])cc1Cl)c1ccc(OC(F)F)c(OCC3CC3)c1)C2=O. The van der Waals surface area contributed by atoms with E-state index in [1.54, 1.807) is 0 Å². The van der Waals surface area contributed by atoms with E-state index in [-0.39, 0.29) is 75.0 Å². The Bertz CT molecular complexity index is 1990. The number of benzene rings is 2. The van der Waals surface area contributed by atoms with Crippen molar-refractivity contribution in [3.8, 4) is 11.5 Å². The highest BCUT2D eigenvalue weighted by Gasteiger charge is 2.39. The highest BCUT2D eigenvalue weighted by Crippen LogP contribution is 2.38. The van der Waals surface area contributed by atoms with Crippen LogP contribution in [0.4, 0.5) is 14.5 Å². The molecule has 1 saturated heterocycles. The van der Waals surface area contributed by atoms with E-state index in [2.05, 4.69) is 9.64 Å². The summed E-state index contributed by atoms with van der Waals surface area (Å²) in [5.41, 5.74) is 0.578. The van der Waals surface area contributed by atoms with Crippen LogP contribution in [0, 0.1) is 11.1 Å². The normalized spacial score (nSPS) is 16.6. The fourth-order valence-electron chi connectivity index (χ4n) is 6.29. The van der Waals surface area contributed by atoms with Crippen molar-refractivity contribution in [2.45, 2.75) is 44.8 Å². The molecule has 2 aliphatic heterocycles. The first-order valence-electron chi connectivity index (χ1n) is 16.9. The second-order valence-corrected chi connectivity index (χ2v) is 15.8. The van der Waals surface area contributed by atoms with Gasteiger partial charge in [-0.15, -0.1) is 0 Å². The molecule has 18 heteroatoms. The van der Waals surface area contributed by atoms with Gasteiger partial charge < -0.3 is 24.3 Å². The Labute approximate surface area is 314 Å². The average molecular weight is 798 g/mol. The lowest BCUT2D eigenvalue weighted by atomic mass is 10.0. The molecule has 2 amide bonds. The number of amides is 2. The number of carbonyl (C=O) groups is 3. The summed E-state index contributed by atoms with van der Waals surface area (Å²) in [6.07, 6.45) is 5.63. The summed E-state index contributed by atoms with van der Waals surface area (Å²) < 4.78 is 69.8. The number of alkyl halides is 2. The molecule has 2 fully saturated rings. The van der Waals surface area contributed by atoms with Crippen LogP contribution in [0.3, 0.4) is 0 Å². The van der Waals surface area contributed by atoms with Gasteiger partial charge in [-0.3, -0.25) is 23.6 Å². The minimum atomic E-state index is -3.75. The predicted octanol–water partition coefficient (Wildman–Crippen LogP) is 5.00. The van der Waals surface area contributed by atoms with E-state index < -0.39 is 47.1 Å². The maximum absolute atomic E-state index is 13.6. The molecule has 6 rings (SSSR count). The molecule has 0 N–H and O–H groups in total. The Morgan fingerprint density at radius 3 is 2.34 bits per heavy atom. The van der Waals surface area contributed by atoms with E-state index in [1.807, 2.05) is 0 Å². The molecule has 3 heterocycles. The molecule has 1 aromatic heterocycles. The largest absolute Gasteiger partial charge is 0.619 e. The minimum absolute atomic E-state index is 0.0167. The maximum atomic E-state index is 13.6. The number of hydrogen-bond acceptors (Lipinski definition) is 10. The second kappa shape index (κ2) is 16.0. The number of imide groups is 1. The van der Waals surface area contributed by atoms with Crippen molar-refractivity contribution in [1.29, 1.82) is 0 Å². The molecule has 3 aliphatic rings. The summed E-state index contributed by atoms with van der Waals surface area (Å²) >= 11 is 12.7. The first-order chi connectivity index (χ1) is 25.2. The Kier molecular flexibility index (Phi) is 11.6. The van der Waals surface area contributed by atoms with Crippen LogP contribution in [0.25, 0.3) is 0 Å². The summed E-state index contributed by atoms with van der Waals surface area (Å²) in [5, 5.41) is 11.8. The van der Waals surface area contributed by atoms with E-state index in [1.165, 1.54) is 40.7 Å². The minimum Gasteiger partial charge on any atom is -0.619 e. The molecule has 1 saturated carbocycles.